The molecule has 0 N–H and O–H groups in total. The van der Waals surface area contributed by atoms with Gasteiger partial charge in [-0.15, -0.1) is 11.6 Å². The Bertz CT molecular complexity index is 131. The highest BCUT2D eigenvalue weighted by Gasteiger charge is 2.44. The lowest BCUT2D eigenvalue weighted by Gasteiger charge is -2.25. The van der Waals surface area contributed by atoms with Crippen LogP contribution in [0.1, 0.15) is 26.2 Å². The molecule has 0 saturated heterocycles. The fourth-order valence-corrected chi connectivity index (χ4v) is 3.50. The minimum atomic E-state index is 0.861. The lowest BCUT2D eigenvalue weighted by molar-refractivity contribution is 0.263. The van der Waals surface area contributed by atoms with Gasteiger partial charge in [-0.3, -0.25) is 0 Å². The molecule has 0 radical (unpaired) electrons. The van der Waals surface area contributed by atoms with Gasteiger partial charge in [-0.2, -0.15) is 0 Å². The predicted molar refractivity (Wildman–Crippen MR) is 44.2 cm³/mol. The number of hydrogen-bond donors (Lipinski definition) is 0. The van der Waals surface area contributed by atoms with Gasteiger partial charge in [0.1, 0.15) is 0 Å². The van der Waals surface area contributed by atoms with Gasteiger partial charge >= 0.3 is 0 Å². The van der Waals surface area contributed by atoms with Crippen molar-refractivity contribution in [1.82, 2.24) is 0 Å². The van der Waals surface area contributed by atoms with Crippen molar-refractivity contribution in [2.24, 2.45) is 23.7 Å². The fraction of sp³-hybridized carbons (Fsp3) is 1.00. The normalized spacial score (nSPS) is 52.2. The number of hydrogen-bond acceptors (Lipinski definition) is 0. The van der Waals surface area contributed by atoms with Crippen LogP contribution in [0.4, 0.5) is 0 Å². The maximum absolute atomic E-state index is 5.90. The van der Waals surface area contributed by atoms with Gasteiger partial charge in [-0.05, 0) is 42.9 Å². The summed E-state index contributed by atoms with van der Waals surface area (Å²) in [7, 11) is 0. The summed E-state index contributed by atoms with van der Waals surface area (Å²) in [6, 6.07) is 0. The zero-order valence-electron chi connectivity index (χ0n) is 6.52. The molecular formula is C9H15Cl. The van der Waals surface area contributed by atoms with Crippen molar-refractivity contribution >= 4 is 11.6 Å². The number of halogens is 1. The van der Waals surface area contributed by atoms with Gasteiger partial charge in [-0.1, -0.05) is 6.92 Å². The zero-order chi connectivity index (χ0) is 7.14. The number of fused-ring (bicyclic) bond motifs is 2. The Morgan fingerprint density at radius 1 is 1.30 bits per heavy atom. The maximum Gasteiger partial charge on any atom is 0.0257 e. The summed E-state index contributed by atoms with van der Waals surface area (Å²) in [4.78, 5) is 0. The Morgan fingerprint density at radius 3 is 2.40 bits per heavy atom. The van der Waals surface area contributed by atoms with Gasteiger partial charge in [0, 0.05) is 5.88 Å². The molecule has 2 aliphatic carbocycles. The minimum absolute atomic E-state index is 0.861. The highest BCUT2D eigenvalue weighted by molar-refractivity contribution is 6.18. The van der Waals surface area contributed by atoms with Crippen LogP contribution >= 0.6 is 11.6 Å². The van der Waals surface area contributed by atoms with Crippen LogP contribution in [0.5, 0.6) is 0 Å². The molecule has 0 aromatic rings. The standard InChI is InChI=1S/C9H15Cl/c1-6-7-2-3-8(4-7)9(6)5-10/h6-9H,2-5H2,1H3. The second-order valence-corrected chi connectivity index (χ2v) is 4.32. The predicted octanol–water partition coefficient (Wildman–Crippen LogP) is 2.91. The van der Waals surface area contributed by atoms with Gasteiger partial charge in [0.25, 0.3) is 0 Å². The highest BCUT2D eigenvalue weighted by atomic mass is 35.5. The maximum atomic E-state index is 5.90. The van der Waals surface area contributed by atoms with Gasteiger partial charge in [0.05, 0.1) is 0 Å². The van der Waals surface area contributed by atoms with E-state index in [0.717, 1.165) is 29.6 Å². The molecule has 2 rings (SSSR count). The molecule has 0 amide bonds. The first-order chi connectivity index (χ1) is 4.83. The molecule has 2 aliphatic rings. The molecule has 0 aliphatic heterocycles. The molecule has 0 spiro atoms. The molecule has 0 nitrogen and oxygen atoms in total. The average molecular weight is 159 g/mol. The van der Waals surface area contributed by atoms with Crippen molar-refractivity contribution in [2.45, 2.75) is 26.2 Å². The second kappa shape index (κ2) is 2.41. The van der Waals surface area contributed by atoms with Crippen molar-refractivity contribution in [2.75, 3.05) is 5.88 Å². The second-order valence-electron chi connectivity index (χ2n) is 4.01. The van der Waals surface area contributed by atoms with E-state index < -0.39 is 0 Å². The molecule has 2 fully saturated rings. The highest BCUT2D eigenvalue weighted by Crippen LogP contribution is 2.52. The molecule has 10 heavy (non-hydrogen) atoms. The average Bonchev–Trinajstić information content (AvgIpc) is 2.46. The molecule has 0 aromatic heterocycles. The third-order valence-electron chi connectivity index (χ3n) is 3.72. The van der Waals surface area contributed by atoms with Gasteiger partial charge < -0.3 is 0 Å². The SMILES string of the molecule is CC1C2CCC(C2)C1CCl. The Balaban J connectivity index is 2.10. The van der Waals surface area contributed by atoms with Crippen LogP contribution in [0.3, 0.4) is 0 Å². The summed E-state index contributed by atoms with van der Waals surface area (Å²) in [5, 5.41) is 0. The summed E-state index contributed by atoms with van der Waals surface area (Å²) in [6.07, 6.45) is 4.43. The van der Waals surface area contributed by atoms with Crippen LogP contribution in [0.25, 0.3) is 0 Å². The first-order valence-electron chi connectivity index (χ1n) is 4.39. The van der Waals surface area contributed by atoms with E-state index in [1.807, 2.05) is 0 Å². The van der Waals surface area contributed by atoms with Crippen LogP contribution in [0.2, 0.25) is 0 Å². The Labute approximate surface area is 68.0 Å². The summed E-state index contributed by atoms with van der Waals surface area (Å²) >= 11 is 5.90. The molecule has 0 heterocycles. The summed E-state index contributed by atoms with van der Waals surface area (Å²) in [6.45, 7) is 2.39. The molecule has 58 valence electrons. The summed E-state index contributed by atoms with van der Waals surface area (Å²) < 4.78 is 0. The van der Waals surface area contributed by atoms with E-state index in [1.165, 1.54) is 19.3 Å². The number of rotatable bonds is 1. The van der Waals surface area contributed by atoms with E-state index in [1.54, 1.807) is 0 Å². The molecule has 1 heteroatoms. The quantitative estimate of drug-likeness (QED) is 0.515. The summed E-state index contributed by atoms with van der Waals surface area (Å²) in [5.41, 5.74) is 0. The van der Waals surface area contributed by atoms with Crippen molar-refractivity contribution < 1.29 is 0 Å². The third kappa shape index (κ3) is 0.812. The van der Waals surface area contributed by atoms with Gasteiger partial charge in [0.15, 0.2) is 0 Å². The Kier molecular flexibility index (Phi) is 1.68. The smallest absolute Gasteiger partial charge is 0.0257 e. The van der Waals surface area contributed by atoms with E-state index in [4.69, 9.17) is 11.6 Å². The number of alkyl halides is 1. The topological polar surface area (TPSA) is 0 Å². The molecule has 4 unspecified atom stereocenters. The molecule has 2 saturated carbocycles. The molecule has 0 aromatic carbocycles. The van der Waals surface area contributed by atoms with Gasteiger partial charge in [-0.25, -0.2) is 0 Å². The van der Waals surface area contributed by atoms with Crippen molar-refractivity contribution in [3.63, 3.8) is 0 Å². The molecule has 2 bridgehead atoms. The van der Waals surface area contributed by atoms with Crippen LogP contribution < -0.4 is 0 Å². The van der Waals surface area contributed by atoms with Crippen LogP contribution in [-0.2, 0) is 0 Å². The minimum Gasteiger partial charge on any atom is -0.126 e. The lowest BCUT2D eigenvalue weighted by Crippen LogP contribution is -2.20. The lowest BCUT2D eigenvalue weighted by atomic mass is 9.82. The first-order valence-corrected chi connectivity index (χ1v) is 4.92. The Morgan fingerprint density at radius 2 is 2.00 bits per heavy atom. The van der Waals surface area contributed by atoms with E-state index in [-0.39, 0.29) is 0 Å². The fourth-order valence-electron chi connectivity index (χ4n) is 2.96. The monoisotopic (exact) mass is 158 g/mol. The van der Waals surface area contributed by atoms with Crippen LogP contribution in [0.15, 0.2) is 0 Å². The molecular weight excluding hydrogens is 144 g/mol. The van der Waals surface area contributed by atoms with E-state index in [2.05, 4.69) is 6.92 Å². The van der Waals surface area contributed by atoms with Crippen LogP contribution in [0, 0.1) is 23.7 Å². The zero-order valence-corrected chi connectivity index (χ0v) is 7.27. The summed E-state index contributed by atoms with van der Waals surface area (Å²) in [5.74, 6) is 4.73. The van der Waals surface area contributed by atoms with E-state index in [0.29, 0.717) is 0 Å². The van der Waals surface area contributed by atoms with Gasteiger partial charge in [0.2, 0.25) is 0 Å². The van der Waals surface area contributed by atoms with Crippen molar-refractivity contribution in [3.8, 4) is 0 Å². The third-order valence-corrected chi connectivity index (χ3v) is 4.07. The van der Waals surface area contributed by atoms with E-state index >= 15 is 0 Å². The van der Waals surface area contributed by atoms with E-state index in [9.17, 15) is 0 Å². The first kappa shape index (κ1) is 6.97. The van der Waals surface area contributed by atoms with Crippen molar-refractivity contribution in [3.05, 3.63) is 0 Å². The van der Waals surface area contributed by atoms with Crippen molar-refractivity contribution in [1.29, 1.82) is 0 Å². The molecule has 4 atom stereocenters. The largest absolute Gasteiger partial charge is 0.126 e. The Hall–Kier alpha value is 0.290. The van der Waals surface area contributed by atoms with Crippen LogP contribution in [-0.4, -0.2) is 5.88 Å².